The fourth-order valence-corrected chi connectivity index (χ4v) is 5.23. The van der Waals surface area contributed by atoms with Gasteiger partial charge >= 0.3 is 0 Å². The maximum absolute atomic E-state index is 7.71. The molecule has 0 bridgehead atoms. The first-order valence-electron chi connectivity index (χ1n) is 7.98. The first kappa shape index (κ1) is 14.7. The highest BCUT2D eigenvalue weighted by Gasteiger charge is 2.41. The molecule has 0 amide bonds. The van der Waals surface area contributed by atoms with Crippen LogP contribution in [0.2, 0.25) is 0 Å². The summed E-state index contributed by atoms with van der Waals surface area (Å²) >= 11 is 2.07. The van der Waals surface area contributed by atoms with Crippen LogP contribution in [0.4, 0.5) is 0 Å². The number of nitrogens with two attached hydrogens (primary N) is 1. The van der Waals surface area contributed by atoms with Crippen molar-refractivity contribution in [3.8, 4) is 0 Å². The number of thioether (sulfide) groups is 1. The summed E-state index contributed by atoms with van der Waals surface area (Å²) in [7, 11) is 0. The molecule has 20 heavy (non-hydrogen) atoms. The Morgan fingerprint density at radius 2 is 2.10 bits per heavy atom. The van der Waals surface area contributed by atoms with Gasteiger partial charge in [0.25, 0.3) is 0 Å². The Balaban J connectivity index is 1.62. The predicted octanol–water partition coefficient (Wildman–Crippen LogP) is 2.08. The maximum atomic E-state index is 7.71. The first-order valence-corrected chi connectivity index (χ1v) is 9.14. The zero-order valence-corrected chi connectivity index (χ0v) is 13.1. The average Bonchev–Trinajstić information content (AvgIpc) is 2.48. The Morgan fingerprint density at radius 1 is 1.30 bits per heavy atom. The highest BCUT2D eigenvalue weighted by atomic mass is 32.2. The molecule has 0 aromatic rings. The molecule has 3 fully saturated rings. The van der Waals surface area contributed by atoms with E-state index in [-0.39, 0.29) is 11.5 Å². The summed E-state index contributed by atoms with van der Waals surface area (Å²) < 4.78 is 6.19. The van der Waals surface area contributed by atoms with Crippen molar-refractivity contribution in [2.45, 2.75) is 50.2 Å². The van der Waals surface area contributed by atoms with Crippen LogP contribution < -0.4 is 5.73 Å². The minimum atomic E-state index is 0.164. The van der Waals surface area contributed by atoms with Crippen molar-refractivity contribution < 1.29 is 4.74 Å². The number of amidine groups is 1. The maximum Gasteiger partial charge on any atom is 0.0949 e. The number of ether oxygens (including phenoxy) is 1. The summed E-state index contributed by atoms with van der Waals surface area (Å²) in [4.78, 5) is 2.60. The van der Waals surface area contributed by atoms with Crippen LogP contribution in [0.1, 0.15) is 38.5 Å². The number of hydrogen-bond acceptors (Lipinski definition) is 4. The summed E-state index contributed by atoms with van der Waals surface area (Å²) in [5, 5.41) is 7.71. The second kappa shape index (κ2) is 6.24. The highest BCUT2D eigenvalue weighted by Crippen LogP contribution is 2.39. The van der Waals surface area contributed by atoms with Crippen LogP contribution in [0.5, 0.6) is 0 Å². The Kier molecular flexibility index (Phi) is 4.58. The third-order valence-electron chi connectivity index (χ3n) is 5.28. The first-order chi connectivity index (χ1) is 9.69. The van der Waals surface area contributed by atoms with Crippen LogP contribution in [0.25, 0.3) is 0 Å². The number of rotatable bonds is 2. The fourth-order valence-electron chi connectivity index (χ4n) is 4.00. The monoisotopic (exact) mass is 297 g/mol. The lowest BCUT2D eigenvalue weighted by Crippen LogP contribution is -2.53. The number of nitrogens with one attached hydrogen (secondary N) is 1. The van der Waals surface area contributed by atoms with Crippen molar-refractivity contribution in [1.29, 1.82) is 5.41 Å². The molecule has 0 aromatic carbocycles. The van der Waals surface area contributed by atoms with Gasteiger partial charge in [-0.25, -0.2) is 0 Å². The quantitative estimate of drug-likeness (QED) is 0.605. The average molecular weight is 297 g/mol. The van der Waals surface area contributed by atoms with E-state index in [1.807, 2.05) is 0 Å². The van der Waals surface area contributed by atoms with Crippen LogP contribution in [0.15, 0.2) is 0 Å². The molecule has 2 atom stereocenters. The summed E-state index contributed by atoms with van der Waals surface area (Å²) in [5.74, 6) is 3.17. The summed E-state index contributed by atoms with van der Waals surface area (Å²) in [6, 6.07) is 0.647. The molecule has 0 aromatic heterocycles. The van der Waals surface area contributed by atoms with Gasteiger partial charge in [-0.1, -0.05) is 0 Å². The zero-order chi connectivity index (χ0) is 14.0. The molecule has 3 heterocycles. The minimum Gasteiger partial charge on any atom is -0.387 e. The number of hydrogen-bond donors (Lipinski definition) is 2. The Morgan fingerprint density at radius 3 is 2.85 bits per heavy atom. The third-order valence-corrected chi connectivity index (χ3v) is 6.27. The molecule has 114 valence electrons. The molecule has 0 aliphatic carbocycles. The van der Waals surface area contributed by atoms with E-state index in [9.17, 15) is 0 Å². The van der Waals surface area contributed by atoms with E-state index in [0.29, 0.717) is 11.9 Å². The smallest absolute Gasteiger partial charge is 0.0949 e. The van der Waals surface area contributed by atoms with Gasteiger partial charge in [0.1, 0.15) is 0 Å². The number of likely N-dealkylation sites (tertiary alicyclic amines) is 1. The van der Waals surface area contributed by atoms with Crippen LogP contribution in [0, 0.1) is 11.3 Å². The number of nitrogens with zero attached hydrogens (tertiary/aromatic N) is 1. The van der Waals surface area contributed by atoms with E-state index in [4.69, 9.17) is 15.9 Å². The molecule has 3 aliphatic rings. The minimum absolute atomic E-state index is 0.164. The van der Waals surface area contributed by atoms with Gasteiger partial charge in [-0.3, -0.25) is 10.3 Å². The molecular formula is C15H27N3OS. The molecule has 3 rings (SSSR count). The SMILES string of the molecule is N=C(N)C1CCCN(C2CCOC3(CCSCC3)C2)C1. The van der Waals surface area contributed by atoms with Gasteiger partial charge in [-0.2, -0.15) is 11.8 Å². The van der Waals surface area contributed by atoms with Crippen molar-refractivity contribution in [2.75, 3.05) is 31.2 Å². The second-order valence-corrected chi connectivity index (χ2v) is 7.80. The largest absolute Gasteiger partial charge is 0.387 e. The summed E-state index contributed by atoms with van der Waals surface area (Å²) in [5.41, 5.74) is 5.89. The Bertz CT molecular complexity index is 352. The van der Waals surface area contributed by atoms with E-state index >= 15 is 0 Å². The molecule has 3 N–H and O–H groups in total. The topological polar surface area (TPSA) is 62.3 Å². The molecule has 5 heteroatoms. The summed E-state index contributed by atoms with van der Waals surface area (Å²) in [6.07, 6.45) is 7.06. The van der Waals surface area contributed by atoms with E-state index in [2.05, 4.69) is 16.7 Å². The van der Waals surface area contributed by atoms with Crippen molar-refractivity contribution in [1.82, 2.24) is 4.90 Å². The van der Waals surface area contributed by atoms with Gasteiger partial charge < -0.3 is 10.5 Å². The van der Waals surface area contributed by atoms with Gasteiger partial charge in [-0.05, 0) is 56.6 Å². The van der Waals surface area contributed by atoms with Crippen molar-refractivity contribution in [3.63, 3.8) is 0 Å². The molecule has 0 radical (unpaired) electrons. The van der Waals surface area contributed by atoms with Gasteiger partial charge in [0.15, 0.2) is 0 Å². The lowest BCUT2D eigenvalue weighted by atomic mass is 9.83. The molecule has 1 spiro atoms. The van der Waals surface area contributed by atoms with Gasteiger partial charge in [-0.15, -0.1) is 0 Å². The zero-order valence-electron chi connectivity index (χ0n) is 12.3. The van der Waals surface area contributed by atoms with Crippen LogP contribution >= 0.6 is 11.8 Å². The Hall–Kier alpha value is -0.260. The lowest BCUT2D eigenvalue weighted by molar-refractivity contribution is -0.113. The van der Waals surface area contributed by atoms with E-state index in [1.54, 1.807) is 0 Å². The normalized spacial score (nSPS) is 35.0. The van der Waals surface area contributed by atoms with Gasteiger partial charge in [0, 0.05) is 25.1 Å². The van der Waals surface area contributed by atoms with E-state index in [0.717, 1.165) is 26.0 Å². The van der Waals surface area contributed by atoms with E-state index < -0.39 is 0 Å². The summed E-state index contributed by atoms with van der Waals surface area (Å²) in [6.45, 7) is 3.08. The van der Waals surface area contributed by atoms with Crippen molar-refractivity contribution in [3.05, 3.63) is 0 Å². The predicted molar refractivity (Wildman–Crippen MR) is 84.5 cm³/mol. The van der Waals surface area contributed by atoms with Crippen molar-refractivity contribution >= 4 is 17.6 Å². The standard InChI is InChI=1S/C15H27N3OS/c16-14(17)12-2-1-6-18(11-12)13-3-7-19-15(10-13)4-8-20-9-5-15/h12-13H,1-11H2,(H3,16,17). The molecule has 3 saturated heterocycles. The molecule has 4 nitrogen and oxygen atoms in total. The molecule has 2 unspecified atom stereocenters. The second-order valence-electron chi connectivity index (χ2n) is 6.58. The molecule has 0 saturated carbocycles. The van der Waals surface area contributed by atoms with Crippen molar-refractivity contribution in [2.24, 2.45) is 11.7 Å². The van der Waals surface area contributed by atoms with Crippen LogP contribution in [0.3, 0.4) is 0 Å². The Labute approximate surface area is 126 Å². The fraction of sp³-hybridized carbons (Fsp3) is 0.933. The number of piperidine rings is 1. The lowest BCUT2D eigenvalue weighted by Gasteiger charge is -2.48. The van der Waals surface area contributed by atoms with Crippen LogP contribution in [-0.2, 0) is 4.74 Å². The van der Waals surface area contributed by atoms with Gasteiger partial charge in [0.05, 0.1) is 11.4 Å². The molecular weight excluding hydrogens is 270 g/mol. The highest BCUT2D eigenvalue weighted by molar-refractivity contribution is 7.99. The third kappa shape index (κ3) is 3.15. The molecule has 3 aliphatic heterocycles. The van der Waals surface area contributed by atoms with Crippen LogP contribution in [-0.4, -0.2) is 53.6 Å². The van der Waals surface area contributed by atoms with E-state index in [1.165, 1.54) is 43.7 Å². The van der Waals surface area contributed by atoms with Gasteiger partial charge in [0.2, 0.25) is 0 Å².